The molecule has 4 aromatic rings. The van der Waals surface area contributed by atoms with Crippen LogP contribution in [0.2, 0.25) is 0 Å². The van der Waals surface area contributed by atoms with Crippen molar-refractivity contribution in [2.24, 2.45) is 5.10 Å². The predicted molar refractivity (Wildman–Crippen MR) is 145 cm³/mol. The third kappa shape index (κ3) is 7.25. The first-order valence-corrected chi connectivity index (χ1v) is 13.9. The maximum absolute atomic E-state index is 13.1. The molecule has 0 saturated carbocycles. The highest BCUT2D eigenvalue weighted by Gasteiger charge is 2.14. The van der Waals surface area contributed by atoms with Crippen molar-refractivity contribution < 1.29 is 9.18 Å². The lowest BCUT2D eigenvalue weighted by atomic mass is 10.1. The monoisotopic (exact) mass is 607 g/mol. The molecule has 4 N–H and O–H groups in total. The van der Waals surface area contributed by atoms with Crippen molar-refractivity contribution in [3.63, 3.8) is 0 Å². The summed E-state index contributed by atoms with van der Waals surface area (Å²) in [5.74, 6) is 6.40. The number of carbonyl (C=O) groups is 1. The third-order valence-electron chi connectivity index (χ3n) is 4.49. The summed E-state index contributed by atoms with van der Waals surface area (Å²) in [6.45, 7) is 1.76. The van der Waals surface area contributed by atoms with Crippen LogP contribution in [-0.2, 0) is 10.5 Å². The van der Waals surface area contributed by atoms with Gasteiger partial charge in [-0.1, -0.05) is 75.1 Å². The number of rotatable bonds is 10. The number of hydrazone groups is 1. The Morgan fingerprint density at radius 1 is 1.17 bits per heavy atom. The number of nitrogens with zero attached hydrogens (tertiary/aromatic N) is 6. The van der Waals surface area contributed by atoms with E-state index in [-0.39, 0.29) is 23.4 Å². The third-order valence-corrected chi connectivity index (χ3v) is 7.97. The second kappa shape index (κ2) is 12.3. The highest BCUT2D eigenvalue weighted by atomic mass is 79.9. The first kappa shape index (κ1) is 26.1. The van der Waals surface area contributed by atoms with Crippen molar-refractivity contribution in [1.29, 1.82) is 0 Å². The fourth-order valence-electron chi connectivity index (χ4n) is 2.72. The number of nitrogen functional groups attached to an aromatic ring is 1. The number of anilines is 2. The number of amides is 1. The van der Waals surface area contributed by atoms with Gasteiger partial charge in [0.2, 0.25) is 16.2 Å². The van der Waals surface area contributed by atoms with E-state index in [0.717, 1.165) is 37.5 Å². The van der Waals surface area contributed by atoms with E-state index in [1.807, 2.05) is 24.3 Å². The van der Waals surface area contributed by atoms with Crippen molar-refractivity contribution in [3.05, 3.63) is 69.9 Å². The lowest BCUT2D eigenvalue weighted by molar-refractivity contribution is -0.113. The van der Waals surface area contributed by atoms with E-state index in [2.05, 4.69) is 52.2 Å². The van der Waals surface area contributed by atoms with E-state index in [4.69, 9.17) is 5.84 Å². The molecule has 15 heteroatoms. The zero-order valence-corrected chi connectivity index (χ0v) is 22.7. The summed E-state index contributed by atoms with van der Waals surface area (Å²) in [5, 5.41) is 23.7. The molecule has 4 rings (SSSR count). The molecule has 2 aromatic carbocycles. The minimum absolute atomic E-state index is 0.0489. The highest BCUT2D eigenvalue weighted by molar-refractivity contribution is 9.10. The number of nitrogens with one attached hydrogen (secondary N) is 2. The quantitative estimate of drug-likeness (QED) is 0.0776. The molecule has 0 bridgehead atoms. The normalized spacial score (nSPS) is 11.5. The van der Waals surface area contributed by atoms with Crippen LogP contribution in [0.1, 0.15) is 18.1 Å². The first-order chi connectivity index (χ1) is 17.4. The van der Waals surface area contributed by atoms with E-state index < -0.39 is 0 Å². The van der Waals surface area contributed by atoms with Gasteiger partial charge in [-0.15, -0.1) is 20.4 Å². The van der Waals surface area contributed by atoms with E-state index >= 15 is 0 Å². The predicted octanol–water partition coefficient (Wildman–Crippen LogP) is 4.60. The largest absolute Gasteiger partial charge is 0.334 e. The second-order valence-electron chi connectivity index (χ2n) is 7.12. The molecule has 0 saturated heterocycles. The summed E-state index contributed by atoms with van der Waals surface area (Å²) in [6.07, 6.45) is 0. The average Bonchev–Trinajstić information content (AvgIpc) is 3.46. The standard InChI is InChI=1S/C21H19BrFN9OS3/c1-12(14-5-7-16(23)8-6-14)26-27-18-28-30-20(32(18)24)34-11-17(33)25-19-29-31-21(36-19)35-10-13-3-2-4-15(22)9-13/h2-9H,10-11,24H2,1H3,(H,27,28)(H,25,29,33)/b26-12+. The van der Waals surface area contributed by atoms with E-state index in [1.54, 1.807) is 30.8 Å². The van der Waals surface area contributed by atoms with Crippen molar-refractivity contribution in [2.75, 3.05) is 22.3 Å². The van der Waals surface area contributed by atoms with Crippen molar-refractivity contribution in [3.8, 4) is 0 Å². The average molecular weight is 609 g/mol. The van der Waals surface area contributed by atoms with E-state index in [1.165, 1.54) is 28.1 Å². The van der Waals surface area contributed by atoms with Gasteiger partial charge in [-0.25, -0.2) is 14.5 Å². The lowest BCUT2D eigenvalue weighted by Gasteiger charge is -2.04. The number of benzene rings is 2. The van der Waals surface area contributed by atoms with Crippen LogP contribution >= 0.6 is 50.8 Å². The fourth-order valence-corrected chi connectivity index (χ4v) is 5.53. The minimum atomic E-state index is -0.325. The molecule has 0 aliphatic rings. The molecule has 36 heavy (non-hydrogen) atoms. The summed E-state index contributed by atoms with van der Waals surface area (Å²) < 4.78 is 16.0. The molecule has 0 unspecified atom stereocenters. The van der Waals surface area contributed by atoms with Gasteiger partial charge in [0.05, 0.1) is 11.5 Å². The molecule has 0 atom stereocenters. The number of thioether (sulfide) groups is 2. The summed E-state index contributed by atoms with van der Waals surface area (Å²) in [7, 11) is 0. The molecule has 1 amide bonds. The molecule has 0 fully saturated rings. The van der Waals surface area contributed by atoms with Crippen molar-refractivity contribution >= 4 is 73.5 Å². The zero-order valence-electron chi connectivity index (χ0n) is 18.7. The number of hydrogen-bond donors (Lipinski definition) is 3. The Hall–Kier alpha value is -3.01. The molecule has 2 heterocycles. The van der Waals surface area contributed by atoms with Crippen LogP contribution in [0, 0.1) is 5.82 Å². The molecule has 10 nitrogen and oxygen atoms in total. The van der Waals surface area contributed by atoms with Gasteiger partial charge in [-0.3, -0.25) is 10.1 Å². The smallest absolute Gasteiger partial charge is 0.264 e. The number of aromatic nitrogens is 5. The number of carbonyl (C=O) groups excluding carboxylic acids is 1. The van der Waals surface area contributed by atoms with E-state index in [9.17, 15) is 9.18 Å². The molecule has 186 valence electrons. The van der Waals surface area contributed by atoms with Gasteiger partial charge < -0.3 is 5.84 Å². The van der Waals surface area contributed by atoms with Crippen molar-refractivity contribution in [1.82, 2.24) is 25.1 Å². The maximum Gasteiger partial charge on any atom is 0.264 e. The Balaban J connectivity index is 1.25. The van der Waals surface area contributed by atoms with Crippen LogP contribution in [-0.4, -0.2) is 42.4 Å². The molecule has 0 aliphatic heterocycles. The van der Waals surface area contributed by atoms with E-state index in [0.29, 0.717) is 16.0 Å². The molecular formula is C21H19BrFN9OS3. The fraction of sp³-hybridized carbons (Fsp3) is 0.143. The van der Waals surface area contributed by atoms with Crippen LogP contribution in [0.25, 0.3) is 0 Å². The highest BCUT2D eigenvalue weighted by Crippen LogP contribution is 2.29. The summed E-state index contributed by atoms with van der Waals surface area (Å²) in [6, 6.07) is 14.0. The summed E-state index contributed by atoms with van der Waals surface area (Å²) >= 11 is 7.42. The lowest BCUT2D eigenvalue weighted by Crippen LogP contribution is -2.17. The number of hydrogen-bond acceptors (Lipinski definition) is 11. The minimum Gasteiger partial charge on any atom is -0.334 e. The summed E-state index contributed by atoms with van der Waals surface area (Å²) in [4.78, 5) is 12.4. The van der Waals surface area contributed by atoms with Gasteiger partial charge in [0.15, 0.2) is 4.34 Å². The van der Waals surface area contributed by atoms with Crippen molar-refractivity contribution in [2.45, 2.75) is 22.2 Å². The number of halogens is 2. The Morgan fingerprint density at radius 2 is 1.97 bits per heavy atom. The zero-order chi connectivity index (χ0) is 25.5. The molecule has 2 aromatic heterocycles. The van der Waals surface area contributed by atoms with Crippen LogP contribution in [0.15, 0.2) is 67.6 Å². The maximum atomic E-state index is 13.1. The summed E-state index contributed by atoms with van der Waals surface area (Å²) in [5.41, 5.74) is 5.23. The van der Waals surface area contributed by atoms with Gasteiger partial charge in [0, 0.05) is 10.2 Å². The van der Waals surface area contributed by atoms with Gasteiger partial charge >= 0.3 is 0 Å². The topological polar surface area (TPSA) is 136 Å². The van der Waals surface area contributed by atoms with Gasteiger partial charge in [0.1, 0.15) is 5.82 Å². The Labute approximate surface area is 226 Å². The Morgan fingerprint density at radius 3 is 2.75 bits per heavy atom. The van der Waals surface area contributed by atoms with Gasteiger partial charge in [-0.05, 0) is 42.3 Å². The van der Waals surface area contributed by atoms with Gasteiger partial charge in [-0.2, -0.15) is 5.10 Å². The molecule has 0 aliphatic carbocycles. The van der Waals surface area contributed by atoms with Crippen LogP contribution < -0.4 is 16.6 Å². The first-order valence-electron chi connectivity index (χ1n) is 10.3. The Bertz CT molecular complexity index is 1380. The van der Waals surface area contributed by atoms with Crippen LogP contribution in [0.5, 0.6) is 0 Å². The van der Waals surface area contributed by atoms with Gasteiger partial charge in [0.25, 0.3) is 5.95 Å². The second-order valence-corrected chi connectivity index (χ2v) is 11.2. The Kier molecular flexibility index (Phi) is 8.90. The molecular weight excluding hydrogens is 589 g/mol. The number of nitrogens with two attached hydrogens (primary N) is 1. The molecule has 0 radical (unpaired) electrons. The molecule has 0 spiro atoms. The SMILES string of the molecule is C/C(=N\Nc1nnc(SCC(=O)Nc2nnc(SCc3cccc(Br)c3)s2)n1N)c1ccc(F)cc1. The van der Waals surface area contributed by atoms with Crippen LogP contribution in [0.3, 0.4) is 0 Å². The van der Waals surface area contributed by atoms with Crippen LogP contribution in [0.4, 0.5) is 15.5 Å².